The number of halogens is 7. The third-order valence-corrected chi connectivity index (χ3v) is 5.34. The Morgan fingerprint density at radius 1 is 1.13 bits per heavy atom. The van der Waals surface area contributed by atoms with Crippen molar-refractivity contribution in [1.82, 2.24) is 15.4 Å². The Hall–Kier alpha value is -3.81. The molecule has 0 radical (unpaired) electrons. The minimum Gasteiger partial charge on any atom is -1.00 e. The number of benzene rings is 1. The number of carbonyl (C=O) groups excluding carboxylic acids is 1. The van der Waals surface area contributed by atoms with Crippen LogP contribution in [0.4, 0.5) is 32.0 Å². The zero-order valence-electron chi connectivity index (χ0n) is 19.8. The summed E-state index contributed by atoms with van der Waals surface area (Å²) >= 11 is 0. The van der Waals surface area contributed by atoms with Gasteiger partial charge in [-0.1, -0.05) is 23.5 Å². The summed E-state index contributed by atoms with van der Waals surface area (Å²) in [5, 5.41) is 8.54. The molecule has 2 N–H and O–H groups in total. The van der Waals surface area contributed by atoms with Crippen molar-refractivity contribution in [3.8, 4) is 0 Å². The molecular formula is C23H21ClF6N6O2. The third kappa shape index (κ3) is 6.18. The van der Waals surface area contributed by atoms with Gasteiger partial charge in [-0.25, -0.2) is 0 Å². The number of hydrazine groups is 1. The first-order valence-corrected chi connectivity index (χ1v) is 10.9. The van der Waals surface area contributed by atoms with Crippen LogP contribution in [0.15, 0.2) is 53.8 Å². The summed E-state index contributed by atoms with van der Waals surface area (Å²) in [6.45, 7) is 2.86. The second-order valence-electron chi connectivity index (χ2n) is 8.38. The van der Waals surface area contributed by atoms with Gasteiger partial charge in [-0.15, -0.1) is 0 Å². The summed E-state index contributed by atoms with van der Waals surface area (Å²) in [7, 11) is 0. The predicted molar refractivity (Wildman–Crippen MR) is 121 cm³/mol. The second kappa shape index (κ2) is 10.9. The van der Waals surface area contributed by atoms with E-state index in [0.29, 0.717) is 5.69 Å². The number of amidine groups is 1. The molecule has 0 saturated carbocycles. The van der Waals surface area contributed by atoms with Gasteiger partial charge >= 0.3 is 25.1 Å². The molecule has 2 aromatic rings. The van der Waals surface area contributed by atoms with E-state index < -0.39 is 41.7 Å². The van der Waals surface area contributed by atoms with Gasteiger partial charge in [0.1, 0.15) is 0 Å². The fourth-order valence-corrected chi connectivity index (χ4v) is 3.54. The molecule has 1 unspecified atom stereocenters. The van der Waals surface area contributed by atoms with Gasteiger partial charge in [-0.3, -0.25) is 15.2 Å². The molecule has 204 valence electrons. The molecule has 0 saturated heterocycles. The minimum atomic E-state index is -4.67. The maximum Gasteiger partial charge on any atom is 0.418 e. The summed E-state index contributed by atoms with van der Waals surface area (Å²) in [6, 6.07) is 6.33. The van der Waals surface area contributed by atoms with Crippen LogP contribution >= 0.6 is 0 Å². The van der Waals surface area contributed by atoms with E-state index in [1.807, 2.05) is 0 Å². The Morgan fingerprint density at radius 3 is 2.42 bits per heavy atom. The molecule has 1 aromatic heterocycles. The number of anilines is 1. The highest BCUT2D eigenvalue weighted by molar-refractivity contribution is 6.16. The van der Waals surface area contributed by atoms with Crippen molar-refractivity contribution in [2.24, 2.45) is 11.0 Å². The number of hydrogen-bond donors (Lipinski definition) is 2. The van der Waals surface area contributed by atoms with Crippen molar-refractivity contribution in [1.29, 1.82) is 0 Å². The number of pyridine rings is 1. The average Bonchev–Trinajstić information content (AvgIpc) is 3.24. The molecule has 8 nitrogen and oxygen atoms in total. The number of nitrogens with zero attached hydrogens (tertiary/aromatic N) is 4. The number of hydrazone groups is 2. The van der Waals surface area contributed by atoms with E-state index in [0.717, 1.165) is 18.2 Å². The van der Waals surface area contributed by atoms with Crippen LogP contribution in [0.1, 0.15) is 30.7 Å². The van der Waals surface area contributed by atoms with Gasteiger partial charge < -0.3 is 22.5 Å². The predicted octanol–water partition coefficient (Wildman–Crippen LogP) is 1.29. The standard InChI is InChI=1S/C23H20F6N6O2.ClH/c1-13(2)20(36)37-12-34-11-14(19-17(23(27,28)29)4-3-9-30-19)10-18-32-33-21(35(18)34)31-16-7-5-15(6-8-16)22(24,25)26;/h3-11,13,21,31H,12H2,1-2H3;1H. The number of ether oxygens (including phenoxy) is 1. The van der Waals surface area contributed by atoms with Crippen LogP contribution in [0.2, 0.25) is 0 Å². The topological polar surface area (TPSA) is 81.9 Å². The van der Waals surface area contributed by atoms with Crippen molar-refractivity contribution < 1.29 is 53.0 Å². The molecule has 15 heteroatoms. The van der Waals surface area contributed by atoms with Gasteiger partial charge in [0.15, 0.2) is 0 Å². The van der Waals surface area contributed by atoms with E-state index in [1.54, 1.807) is 13.8 Å². The quantitative estimate of drug-likeness (QED) is 0.314. The minimum absolute atomic E-state index is 0. The van der Waals surface area contributed by atoms with E-state index in [4.69, 9.17) is 4.74 Å². The number of aromatic nitrogens is 1. The Labute approximate surface area is 219 Å². The Bertz CT molecular complexity index is 1270. The number of esters is 1. The van der Waals surface area contributed by atoms with Crippen LogP contribution in [0, 0.1) is 5.92 Å². The lowest BCUT2D eigenvalue weighted by Crippen LogP contribution is -3.00. The van der Waals surface area contributed by atoms with Crippen LogP contribution in [0.3, 0.4) is 0 Å². The number of rotatable bonds is 6. The van der Waals surface area contributed by atoms with Gasteiger partial charge in [0.25, 0.3) is 0 Å². The van der Waals surface area contributed by atoms with E-state index in [1.165, 1.54) is 46.4 Å². The van der Waals surface area contributed by atoms with Crippen molar-refractivity contribution in [3.63, 3.8) is 0 Å². The number of hydrogen-bond acceptors (Lipinski definition) is 7. The molecule has 0 fully saturated rings. The summed E-state index contributed by atoms with van der Waals surface area (Å²) in [4.78, 5) is 16.0. The zero-order valence-corrected chi connectivity index (χ0v) is 20.6. The van der Waals surface area contributed by atoms with E-state index >= 15 is 0 Å². The van der Waals surface area contributed by atoms with Crippen LogP contribution in [0.25, 0.3) is 5.57 Å². The molecule has 0 spiro atoms. The second-order valence-corrected chi connectivity index (χ2v) is 8.38. The lowest BCUT2D eigenvalue weighted by molar-refractivity contribution is -0.691. The Morgan fingerprint density at radius 2 is 1.82 bits per heavy atom. The third-order valence-electron chi connectivity index (χ3n) is 5.34. The van der Waals surface area contributed by atoms with Crippen LogP contribution < -0.4 is 23.1 Å². The lowest BCUT2D eigenvalue weighted by atomic mass is 10.0. The largest absolute Gasteiger partial charge is 1.00 e. The molecule has 1 aromatic carbocycles. The van der Waals surface area contributed by atoms with E-state index in [9.17, 15) is 31.1 Å². The maximum atomic E-state index is 13.6. The average molecular weight is 563 g/mol. The van der Waals surface area contributed by atoms with Crippen molar-refractivity contribution >= 4 is 29.3 Å². The van der Waals surface area contributed by atoms with Gasteiger partial charge in [-0.2, -0.15) is 31.4 Å². The summed E-state index contributed by atoms with van der Waals surface area (Å²) in [5.74, 6) is -0.851. The summed E-state index contributed by atoms with van der Waals surface area (Å²) in [5.41, 5.74) is 0.962. The van der Waals surface area contributed by atoms with Gasteiger partial charge in [0.05, 0.1) is 28.3 Å². The number of carbonyl (C=O) groups is 1. The van der Waals surface area contributed by atoms with Crippen LogP contribution in [0.5, 0.6) is 0 Å². The first kappa shape index (κ1) is 28.8. The molecule has 0 amide bonds. The smallest absolute Gasteiger partial charge is 0.418 e. The lowest BCUT2D eigenvalue weighted by Gasteiger charge is -2.26. The molecule has 1 atom stereocenters. The molecular weight excluding hydrogens is 542 g/mol. The SMILES string of the molecule is CC(C)C(=O)OC[N+]1=CC(c2ncccc2C(F)(F)F)=CC2=NNC(Nc3ccc(C(F)(F)F)cc3)N21.[Cl-]. The first-order chi connectivity index (χ1) is 17.3. The molecule has 3 heterocycles. The van der Waals surface area contributed by atoms with Crippen LogP contribution in [-0.4, -0.2) is 45.7 Å². The normalized spacial score (nSPS) is 17.0. The van der Waals surface area contributed by atoms with Gasteiger partial charge in [-0.05, 0) is 36.4 Å². The number of nitrogens with one attached hydrogen (secondary N) is 2. The first-order valence-electron chi connectivity index (χ1n) is 10.9. The van der Waals surface area contributed by atoms with Gasteiger partial charge in [0, 0.05) is 18.0 Å². The van der Waals surface area contributed by atoms with Crippen molar-refractivity contribution in [3.05, 3.63) is 65.5 Å². The van der Waals surface area contributed by atoms with E-state index in [2.05, 4.69) is 20.8 Å². The Kier molecular flexibility index (Phi) is 8.24. The maximum absolute atomic E-state index is 13.6. The summed E-state index contributed by atoms with van der Waals surface area (Å²) in [6.07, 6.45) is -6.14. The number of alkyl halides is 6. The highest BCUT2D eigenvalue weighted by atomic mass is 35.5. The number of fused-ring (bicyclic) bond motifs is 1. The zero-order chi connectivity index (χ0) is 27.0. The highest BCUT2D eigenvalue weighted by Gasteiger charge is 2.42. The summed E-state index contributed by atoms with van der Waals surface area (Å²) < 4.78 is 86.1. The van der Waals surface area contributed by atoms with Gasteiger partial charge in [0.2, 0.25) is 18.3 Å². The van der Waals surface area contributed by atoms with E-state index in [-0.39, 0.29) is 36.2 Å². The molecule has 38 heavy (non-hydrogen) atoms. The fourth-order valence-electron chi connectivity index (χ4n) is 3.54. The fraction of sp³-hybridized carbons (Fsp3) is 0.304. The molecule has 0 bridgehead atoms. The Balaban J connectivity index is 0.00000400. The highest BCUT2D eigenvalue weighted by Crippen LogP contribution is 2.34. The van der Waals surface area contributed by atoms with Crippen molar-refractivity contribution in [2.75, 3.05) is 12.0 Å². The van der Waals surface area contributed by atoms with Crippen molar-refractivity contribution in [2.45, 2.75) is 32.5 Å². The molecule has 4 rings (SSSR count). The molecule has 2 aliphatic rings. The molecule has 2 aliphatic heterocycles. The molecule has 0 aliphatic carbocycles. The van der Waals surface area contributed by atoms with Crippen LogP contribution in [-0.2, 0) is 21.9 Å². The number of allylic oxidation sites excluding steroid dienone is 1. The monoisotopic (exact) mass is 562 g/mol.